The van der Waals surface area contributed by atoms with E-state index in [2.05, 4.69) is 30.1 Å². The van der Waals surface area contributed by atoms with Gasteiger partial charge in [0.1, 0.15) is 11.9 Å². The summed E-state index contributed by atoms with van der Waals surface area (Å²) in [6.45, 7) is 4.88. The van der Waals surface area contributed by atoms with Crippen molar-refractivity contribution in [2.75, 3.05) is 13.7 Å². The van der Waals surface area contributed by atoms with E-state index in [1.54, 1.807) is 13.2 Å². The van der Waals surface area contributed by atoms with Crippen molar-refractivity contribution in [2.24, 2.45) is 0 Å². The van der Waals surface area contributed by atoms with E-state index in [0.717, 1.165) is 25.1 Å². The van der Waals surface area contributed by atoms with Crippen LogP contribution >= 0.6 is 0 Å². The molecule has 21 heavy (non-hydrogen) atoms. The number of ether oxygens (including phenoxy) is 1. The minimum absolute atomic E-state index is 0.239. The molecule has 0 radical (unpaired) electrons. The lowest BCUT2D eigenvalue weighted by atomic mass is 10.1. The van der Waals surface area contributed by atoms with Crippen molar-refractivity contribution in [1.29, 1.82) is 0 Å². The lowest BCUT2D eigenvalue weighted by Gasteiger charge is -2.13. The second-order valence-corrected chi connectivity index (χ2v) is 4.90. The number of methoxy groups -OCH3 is 1. The smallest absolute Gasteiger partial charge is 0.119 e. The summed E-state index contributed by atoms with van der Waals surface area (Å²) in [7, 11) is 1.67. The number of aliphatic hydroxyl groups is 1. The molecule has 1 aromatic carbocycles. The Kier molecular flexibility index (Phi) is 8.27. The SMILES string of the molecule is CCCC(O)C#CC=CCN[C@H](C)c1cccc(OC)c1. The van der Waals surface area contributed by atoms with Gasteiger partial charge in [-0.05, 0) is 37.1 Å². The van der Waals surface area contributed by atoms with E-state index in [1.807, 2.05) is 31.2 Å². The summed E-state index contributed by atoms with van der Waals surface area (Å²) in [6.07, 6.45) is 4.90. The molecule has 0 amide bonds. The van der Waals surface area contributed by atoms with Crippen LogP contribution in [0.4, 0.5) is 0 Å². The third kappa shape index (κ3) is 6.99. The van der Waals surface area contributed by atoms with Gasteiger partial charge in [0.15, 0.2) is 0 Å². The average Bonchev–Trinajstić information content (AvgIpc) is 2.50. The van der Waals surface area contributed by atoms with Crippen molar-refractivity contribution in [3.63, 3.8) is 0 Å². The Bertz CT molecular complexity index is 499. The highest BCUT2D eigenvalue weighted by Crippen LogP contribution is 2.18. The molecule has 1 unspecified atom stereocenters. The van der Waals surface area contributed by atoms with Gasteiger partial charge in [-0.2, -0.15) is 0 Å². The monoisotopic (exact) mass is 287 g/mol. The van der Waals surface area contributed by atoms with Crippen LogP contribution in [-0.2, 0) is 0 Å². The first-order valence-electron chi connectivity index (χ1n) is 7.38. The van der Waals surface area contributed by atoms with Crippen molar-refractivity contribution in [3.8, 4) is 17.6 Å². The van der Waals surface area contributed by atoms with Crippen molar-refractivity contribution in [1.82, 2.24) is 5.32 Å². The molecule has 114 valence electrons. The van der Waals surface area contributed by atoms with E-state index < -0.39 is 6.10 Å². The first kappa shape index (κ1) is 17.3. The van der Waals surface area contributed by atoms with Crippen LogP contribution < -0.4 is 10.1 Å². The Labute approximate surface area is 128 Å². The minimum atomic E-state index is -0.511. The normalized spacial score (nSPS) is 13.5. The first-order chi connectivity index (χ1) is 10.2. The van der Waals surface area contributed by atoms with Gasteiger partial charge in [-0.3, -0.25) is 0 Å². The molecule has 0 spiro atoms. The van der Waals surface area contributed by atoms with Crippen LogP contribution in [0, 0.1) is 11.8 Å². The van der Waals surface area contributed by atoms with Gasteiger partial charge in [-0.15, -0.1) is 0 Å². The minimum Gasteiger partial charge on any atom is -0.497 e. The zero-order valence-electron chi connectivity index (χ0n) is 13.1. The van der Waals surface area contributed by atoms with Crippen LogP contribution in [0.2, 0.25) is 0 Å². The molecule has 0 aliphatic heterocycles. The number of rotatable bonds is 7. The molecule has 0 aliphatic carbocycles. The third-order valence-corrected chi connectivity index (χ3v) is 3.15. The Morgan fingerprint density at radius 2 is 2.24 bits per heavy atom. The summed E-state index contributed by atoms with van der Waals surface area (Å²) < 4.78 is 5.22. The first-order valence-corrected chi connectivity index (χ1v) is 7.38. The largest absolute Gasteiger partial charge is 0.497 e. The van der Waals surface area contributed by atoms with Crippen molar-refractivity contribution in [2.45, 2.75) is 38.8 Å². The molecule has 3 nitrogen and oxygen atoms in total. The summed E-state index contributed by atoms with van der Waals surface area (Å²) >= 11 is 0. The molecule has 2 N–H and O–H groups in total. The fourth-order valence-electron chi connectivity index (χ4n) is 1.88. The molecule has 0 saturated heterocycles. The summed E-state index contributed by atoms with van der Waals surface area (Å²) in [6, 6.07) is 8.27. The van der Waals surface area contributed by atoms with Gasteiger partial charge in [-0.1, -0.05) is 43.4 Å². The van der Waals surface area contributed by atoms with Crippen LogP contribution in [0.25, 0.3) is 0 Å². The Morgan fingerprint density at radius 3 is 2.95 bits per heavy atom. The second-order valence-electron chi connectivity index (χ2n) is 4.90. The van der Waals surface area contributed by atoms with Crippen molar-refractivity contribution < 1.29 is 9.84 Å². The van der Waals surface area contributed by atoms with E-state index in [9.17, 15) is 5.11 Å². The van der Waals surface area contributed by atoms with E-state index in [-0.39, 0.29) is 6.04 Å². The average molecular weight is 287 g/mol. The predicted octanol–water partition coefficient (Wildman–Crippen LogP) is 3.07. The zero-order chi connectivity index (χ0) is 15.5. The summed E-state index contributed by atoms with van der Waals surface area (Å²) in [5.41, 5.74) is 1.19. The standard InChI is InChI=1S/C18H25NO2/c1-4-9-17(20)11-6-5-7-13-19-15(2)16-10-8-12-18(14-16)21-3/h5,7-8,10,12,14-15,17,19-20H,4,9,13H2,1-3H3/t15-,17?/m1/s1. The zero-order valence-corrected chi connectivity index (χ0v) is 13.1. The molecule has 0 heterocycles. The van der Waals surface area contributed by atoms with Gasteiger partial charge in [0, 0.05) is 12.6 Å². The highest BCUT2D eigenvalue weighted by Gasteiger charge is 2.04. The molecule has 3 heteroatoms. The Hall–Kier alpha value is -1.76. The number of allylic oxidation sites excluding steroid dienone is 1. The number of benzene rings is 1. The maximum atomic E-state index is 9.46. The Balaban J connectivity index is 2.37. The maximum absolute atomic E-state index is 9.46. The molecule has 1 aromatic rings. The molecule has 1 rings (SSSR count). The maximum Gasteiger partial charge on any atom is 0.119 e. The lowest BCUT2D eigenvalue weighted by Crippen LogP contribution is -2.18. The second kappa shape index (κ2) is 10.0. The topological polar surface area (TPSA) is 41.5 Å². The quantitative estimate of drug-likeness (QED) is 0.757. The van der Waals surface area contributed by atoms with Gasteiger partial charge in [0.2, 0.25) is 0 Å². The molecule has 0 aliphatic rings. The van der Waals surface area contributed by atoms with Crippen LogP contribution in [0.15, 0.2) is 36.4 Å². The number of hydrogen-bond donors (Lipinski definition) is 2. The van der Waals surface area contributed by atoms with Gasteiger partial charge in [-0.25, -0.2) is 0 Å². The predicted molar refractivity (Wildman–Crippen MR) is 87.2 cm³/mol. The van der Waals surface area contributed by atoms with Crippen LogP contribution in [-0.4, -0.2) is 24.9 Å². The van der Waals surface area contributed by atoms with Gasteiger partial charge in [0.25, 0.3) is 0 Å². The van der Waals surface area contributed by atoms with E-state index in [4.69, 9.17) is 4.74 Å². The number of nitrogens with one attached hydrogen (secondary N) is 1. The van der Waals surface area contributed by atoms with E-state index >= 15 is 0 Å². The van der Waals surface area contributed by atoms with Gasteiger partial charge >= 0.3 is 0 Å². The van der Waals surface area contributed by atoms with Crippen molar-refractivity contribution in [3.05, 3.63) is 42.0 Å². The molecular weight excluding hydrogens is 262 g/mol. The highest BCUT2D eigenvalue weighted by molar-refractivity contribution is 5.30. The molecular formula is C18H25NO2. The molecule has 0 bridgehead atoms. The molecule has 0 aromatic heterocycles. The molecule has 0 saturated carbocycles. The summed E-state index contributed by atoms with van der Waals surface area (Å²) in [5.74, 6) is 6.52. The van der Waals surface area contributed by atoms with Gasteiger partial charge < -0.3 is 15.2 Å². The third-order valence-electron chi connectivity index (χ3n) is 3.15. The van der Waals surface area contributed by atoms with Crippen LogP contribution in [0.1, 0.15) is 38.3 Å². The fourth-order valence-corrected chi connectivity index (χ4v) is 1.88. The summed E-state index contributed by atoms with van der Waals surface area (Å²) in [4.78, 5) is 0. The lowest BCUT2D eigenvalue weighted by molar-refractivity contribution is 0.221. The van der Waals surface area contributed by atoms with Crippen LogP contribution in [0.5, 0.6) is 5.75 Å². The van der Waals surface area contributed by atoms with E-state index in [1.165, 1.54) is 5.56 Å². The van der Waals surface area contributed by atoms with Gasteiger partial charge in [0.05, 0.1) is 7.11 Å². The molecule has 2 atom stereocenters. The Morgan fingerprint density at radius 1 is 1.43 bits per heavy atom. The van der Waals surface area contributed by atoms with E-state index in [0.29, 0.717) is 0 Å². The number of aliphatic hydroxyl groups excluding tert-OH is 1. The molecule has 0 fully saturated rings. The number of hydrogen-bond acceptors (Lipinski definition) is 3. The fraction of sp³-hybridized carbons (Fsp3) is 0.444. The summed E-state index contributed by atoms with van der Waals surface area (Å²) in [5, 5.41) is 12.8. The van der Waals surface area contributed by atoms with Crippen LogP contribution in [0.3, 0.4) is 0 Å². The highest BCUT2D eigenvalue weighted by atomic mass is 16.5. The van der Waals surface area contributed by atoms with Crippen molar-refractivity contribution >= 4 is 0 Å².